The average molecular weight is 480 g/mol. The van der Waals surface area contributed by atoms with Crippen LogP contribution in [0.5, 0.6) is 11.5 Å². The van der Waals surface area contributed by atoms with Crippen LogP contribution < -0.4 is 19.5 Å². The number of sulfonamides is 1. The smallest absolute Gasteiger partial charge is 0.262 e. The molecule has 0 spiro atoms. The Morgan fingerprint density at radius 3 is 2.62 bits per heavy atom. The standard InChI is InChI=1S/C24H21N3O6S/c1-15-25-20-13-17(6-8-21(20)33-15)26-24(28)16-4-2-5-18(12-16)27-34(29,30)19-7-9-22-23(14-19)32-11-3-10-31-22/h2,4-9,12-14,27H,3,10-11H2,1H3,(H,26,28). The van der Waals surface area contributed by atoms with E-state index in [2.05, 4.69) is 15.0 Å². The molecule has 9 nitrogen and oxygen atoms in total. The zero-order chi connectivity index (χ0) is 23.7. The molecule has 0 saturated heterocycles. The molecule has 3 aromatic carbocycles. The van der Waals surface area contributed by atoms with Crippen LogP contribution in [0.4, 0.5) is 11.4 Å². The number of amides is 1. The predicted molar refractivity (Wildman–Crippen MR) is 126 cm³/mol. The van der Waals surface area contributed by atoms with Crippen molar-refractivity contribution in [3.8, 4) is 11.5 Å². The molecule has 0 fully saturated rings. The van der Waals surface area contributed by atoms with E-state index in [1.54, 1.807) is 49.4 Å². The second-order valence-electron chi connectivity index (χ2n) is 7.71. The second-order valence-corrected chi connectivity index (χ2v) is 9.40. The maximum atomic E-state index is 12.9. The molecule has 10 heteroatoms. The van der Waals surface area contributed by atoms with E-state index < -0.39 is 15.9 Å². The molecular weight excluding hydrogens is 458 g/mol. The molecule has 0 aliphatic carbocycles. The number of carbonyl (C=O) groups excluding carboxylic acids is 1. The van der Waals surface area contributed by atoms with Gasteiger partial charge in [0.05, 0.1) is 18.1 Å². The van der Waals surface area contributed by atoms with Crippen molar-refractivity contribution in [3.63, 3.8) is 0 Å². The summed E-state index contributed by atoms with van der Waals surface area (Å²) < 4.78 is 45.0. The highest BCUT2D eigenvalue weighted by molar-refractivity contribution is 7.92. The predicted octanol–water partition coefficient (Wildman–Crippen LogP) is 4.35. The van der Waals surface area contributed by atoms with E-state index in [0.717, 1.165) is 6.42 Å². The molecule has 1 aliphatic heterocycles. The van der Waals surface area contributed by atoms with Crippen LogP contribution in [0.3, 0.4) is 0 Å². The highest BCUT2D eigenvalue weighted by atomic mass is 32.2. The Kier molecular flexibility index (Phi) is 5.58. The normalized spacial score (nSPS) is 13.3. The largest absolute Gasteiger partial charge is 0.490 e. The molecule has 0 unspecified atom stereocenters. The molecule has 1 amide bonds. The Hall–Kier alpha value is -4.05. The van der Waals surface area contributed by atoms with Gasteiger partial charge in [-0.3, -0.25) is 9.52 Å². The fourth-order valence-electron chi connectivity index (χ4n) is 3.57. The third-order valence-corrected chi connectivity index (χ3v) is 6.54. The summed E-state index contributed by atoms with van der Waals surface area (Å²) in [4.78, 5) is 17.1. The highest BCUT2D eigenvalue weighted by Crippen LogP contribution is 2.32. The summed E-state index contributed by atoms with van der Waals surface area (Å²) in [5.41, 5.74) is 2.34. The van der Waals surface area contributed by atoms with Crippen molar-refractivity contribution in [2.75, 3.05) is 23.3 Å². The van der Waals surface area contributed by atoms with Crippen molar-refractivity contribution in [1.29, 1.82) is 0 Å². The number of fused-ring (bicyclic) bond motifs is 2. The zero-order valence-corrected chi connectivity index (χ0v) is 19.0. The Labute approximate surface area is 195 Å². The highest BCUT2D eigenvalue weighted by Gasteiger charge is 2.19. The number of hydrogen-bond donors (Lipinski definition) is 2. The van der Waals surface area contributed by atoms with E-state index in [1.165, 1.54) is 18.2 Å². The number of rotatable bonds is 5. The summed E-state index contributed by atoms with van der Waals surface area (Å²) in [7, 11) is -3.92. The molecule has 5 rings (SSSR count). The van der Waals surface area contributed by atoms with Gasteiger partial charge in [-0.05, 0) is 48.5 Å². The van der Waals surface area contributed by atoms with Gasteiger partial charge < -0.3 is 19.2 Å². The van der Waals surface area contributed by atoms with Gasteiger partial charge in [-0.15, -0.1) is 0 Å². The lowest BCUT2D eigenvalue weighted by atomic mass is 10.2. The molecule has 0 saturated carbocycles. The fourth-order valence-corrected chi connectivity index (χ4v) is 4.64. The number of hydrogen-bond acceptors (Lipinski definition) is 7. The van der Waals surface area contributed by atoms with Crippen molar-refractivity contribution >= 4 is 38.4 Å². The van der Waals surface area contributed by atoms with Crippen LogP contribution in [0.25, 0.3) is 11.1 Å². The number of carbonyl (C=O) groups is 1. The van der Waals surface area contributed by atoms with E-state index in [-0.39, 0.29) is 16.1 Å². The number of aryl methyl sites for hydroxylation is 1. The molecule has 1 aromatic heterocycles. The first-order valence-corrected chi connectivity index (χ1v) is 12.1. The second kappa shape index (κ2) is 8.71. The summed E-state index contributed by atoms with van der Waals surface area (Å²) in [6.07, 6.45) is 0.718. The molecule has 174 valence electrons. The lowest BCUT2D eigenvalue weighted by Gasteiger charge is -2.12. The summed E-state index contributed by atoms with van der Waals surface area (Å²) in [5, 5.41) is 2.79. The summed E-state index contributed by atoms with van der Waals surface area (Å²) in [5.74, 6) is 1.03. The van der Waals surface area contributed by atoms with E-state index in [9.17, 15) is 13.2 Å². The van der Waals surface area contributed by atoms with Gasteiger partial charge in [-0.1, -0.05) is 6.07 Å². The maximum absolute atomic E-state index is 12.9. The maximum Gasteiger partial charge on any atom is 0.262 e. The van der Waals surface area contributed by atoms with Gasteiger partial charge in [0.2, 0.25) is 0 Å². The fraction of sp³-hybridized carbons (Fsp3) is 0.167. The molecule has 0 atom stereocenters. The van der Waals surface area contributed by atoms with Crippen molar-refractivity contribution in [2.45, 2.75) is 18.2 Å². The number of nitrogens with one attached hydrogen (secondary N) is 2. The number of oxazole rings is 1. The summed E-state index contributed by atoms with van der Waals surface area (Å²) in [6.45, 7) is 2.71. The van der Waals surface area contributed by atoms with Gasteiger partial charge in [-0.2, -0.15) is 0 Å². The van der Waals surface area contributed by atoms with Crippen LogP contribution >= 0.6 is 0 Å². The first-order valence-electron chi connectivity index (χ1n) is 10.6. The monoisotopic (exact) mass is 479 g/mol. The minimum atomic E-state index is -3.92. The number of aromatic nitrogens is 1. The average Bonchev–Trinajstić information content (AvgIpc) is 3.02. The van der Waals surface area contributed by atoms with Gasteiger partial charge in [0, 0.05) is 36.3 Å². The molecule has 1 aliphatic rings. The van der Waals surface area contributed by atoms with Crippen LogP contribution in [-0.2, 0) is 10.0 Å². The van der Waals surface area contributed by atoms with E-state index in [4.69, 9.17) is 13.9 Å². The zero-order valence-electron chi connectivity index (χ0n) is 18.2. The Morgan fingerprint density at radius 1 is 0.941 bits per heavy atom. The minimum Gasteiger partial charge on any atom is -0.490 e. The molecule has 2 heterocycles. The molecule has 2 N–H and O–H groups in total. The minimum absolute atomic E-state index is 0.0304. The Morgan fingerprint density at radius 2 is 1.76 bits per heavy atom. The summed E-state index contributed by atoms with van der Waals surface area (Å²) >= 11 is 0. The lowest BCUT2D eigenvalue weighted by molar-refractivity contribution is 0.102. The van der Waals surface area contributed by atoms with Crippen molar-refractivity contribution < 1.29 is 27.1 Å². The Bertz CT molecular complexity index is 1500. The SMILES string of the molecule is Cc1nc2cc(NC(=O)c3cccc(NS(=O)(=O)c4ccc5c(c4)OCCCO5)c3)ccc2o1. The number of benzene rings is 3. The van der Waals surface area contributed by atoms with Crippen LogP contribution in [0, 0.1) is 6.92 Å². The lowest BCUT2D eigenvalue weighted by Crippen LogP contribution is -2.15. The van der Waals surface area contributed by atoms with Crippen molar-refractivity contribution in [2.24, 2.45) is 0 Å². The summed E-state index contributed by atoms with van der Waals surface area (Å²) in [6, 6.07) is 15.8. The Balaban J connectivity index is 1.34. The van der Waals surface area contributed by atoms with Gasteiger partial charge in [-0.25, -0.2) is 13.4 Å². The first-order chi connectivity index (χ1) is 16.4. The molecule has 4 aromatic rings. The van der Waals surface area contributed by atoms with E-state index in [0.29, 0.717) is 47.4 Å². The molecule has 34 heavy (non-hydrogen) atoms. The van der Waals surface area contributed by atoms with Gasteiger partial charge in [0.25, 0.3) is 15.9 Å². The topological polar surface area (TPSA) is 120 Å². The number of anilines is 2. The van der Waals surface area contributed by atoms with Crippen LogP contribution in [0.1, 0.15) is 22.7 Å². The van der Waals surface area contributed by atoms with Crippen LogP contribution in [-0.4, -0.2) is 32.5 Å². The third-order valence-electron chi connectivity index (χ3n) is 5.16. The van der Waals surface area contributed by atoms with Gasteiger partial charge in [0.15, 0.2) is 23.0 Å². The number of nitrogens with zero attached hydrogens (tertiary/aromatic N) is 1. The first kappa shape index (κ1) is 21.8. The van der Waals surface area contributed by atoms with E-state index >= 15 is 0 Å². The third kappa shape index (κ3) is 4.53. The quantitative estimate of drug-likeness (QED) is 0.437. The van der Waals surface area contributed by atoms with E-state index in [1.807, 2.05) is 0 Å². The van der Waals surface area contributed by atoms with Crippen LogP contribution in [0.15, 0.2) is 70.0 Å². The number of ether oxygens (including phenoxy) is 2. The molecule has 0 bridgehead atoms. The van der Waals surface area contributed by atoms with Gasteiger partial charge in [0.1, 0.15) is 5.52 Å². The molecule has 0 radical (unpaired) electrons. The van der Waals surface area contributed by atoms with Crippen LogP contribution in [0.2, 0.25) is 0 Å². The van der Waals surface area contributed by atoms with Crippen molar-refractivity contribution in [1.82, 2.24) is 4.98 Å². The van der Waals surface area contributed by atoms with Gasteiger partial charge >= 0.3 is 0 Å². The molecular formula is C24H21N3O6S. The van der Waals surface area contributed by atoms with Crippen molar-refractivity contribution in [3.05, 3.63) is 72.1 Å².